The molecule has 0 spiro atoms. The van der Waals surface area contributed by atoms with Crippen LogP contribution in [0.25, 0.3) is 0 Å². The van der Waals surface area contributed by atoms with Gasteiger partial charge in [-0.2, -0.15) is 0 Å². The number of hydrogen-bond acceptors (Lipinski definition) is 5. The van der Waals surface area contributed by atoms with Gasteiger partial charge in [-0.15, -0.1) is 0 Å². The Labute approximate surface area is 84.6 Å². The highest BCUT2D eigenvalue weighted by molar-refractivity contribution is 5.85. The number of hydrogen-bond donors (Lipinski definition) is 0. The molecule has 0 unspecified atom stereocenters. The van der Waals surface area contributed by atoms with Crippen LogP contribution >= 0.6 is 0 Å². The zero-order valence-electron chi connectivity index (χ0n) is 7.63. The third-order valence-electron chi connectivity index (χ3n) is 2.15. The summed E-state index contributed by atoms with van der Waals surface area (Å²) in [5.41, 5.74) is 0.237. The van der Waals surface area contributed by atoms with Crippen molar-refractivity contribution < 1.29 is 19.2 Å². The lowest BCUT2D eigenvalue weighted by molar-refractivity contribution is -0.385. The molecule has 1 aliphatic rings. The number of aldehydes is 1. The Morgan fingerprint density at radius 3 is 2.93 bits per heavy atom. The summed E-state index contributed by atoms with van der Waals surface area (Å²) in [5.74, 6) is 0.467. The summed E-state index contributed by atoms with van der Waals surface area (Å²) in [7, 11) is 0. The van der Waals surface area contributed by atoms with Crippen molar-refractivity contribution in [1.82, 2.24) is 0 Å². The van der Waals surface area contributed by atoms with Crippen molar-refractivity contribution in [2.75, 3.05) is 6.79 Å². The van der Waals surface area contributed by atoms with Crippen LogP contribution in [0.1, 0.15) is 15.9 Å². The molecule has 0 bridgehead atoms. The van der Waals surface area contributed by atoms with Crippen molar-refractivity contribution in [3.05, 3.63) is 33.4 Å². The maximum absolute atomic E-state index is 10.8. The average Bonchev–Trinajstić information content (AvgIpc) is 2.27. The fourth-order valence-electron chi connectivity index (χ4n) is 1.46. The van der Waals surface area contributed by atoms with Crippen molar-refractivity contribution in [2.24, 2.45) is 0 Å². The number of nitro benzene ring substituents is 1. The number of rotatable bonds is 2. The van der Waals surface area contributed by atoms with E-state index < -0.39 is 4.92 Å². The number of fused-ring (bicyclic) bond motifs is 1. The van der Waals surface area contributed by atoms with Gasteiger partial charge in [0.05, 0.1) is 11.5 Å². The average molecular weight is 209 g/mol. The van der Waals surface area contributed by atoms with Gasteiger partial charge in [0.15, 0.2) is 13.1 Å². The first-order valence-electron chi connectivity index (χ1n) is 4.20. The fraction of sp³-hybridized carbons (Fsp3) is 0.222. The standard InChI is InChI=1S/C9H7NO5/c11-3-6-7-4-14-5-15-9(7)2-1-8(6)10(12)13/h1-3H,4-5H2. The molecule has 0 amide bonds. The van der Waals surface area contributed by atoms with E-state index in [4.69, 9.17) is 9.47 Å². The molecule has 1 aromatic rings. The van der Waals surface area contributed by atoms with Crippen LogP contribution in [0, 0.1) is 10.1 Å². The van der Waals surface area contributed by atoms with Gasteiger partial charge in [-0.3, -0.25) is 14.9 Å². The largest absolute Gasteiger partial charge is 0.467 e. The molecule has 0 aliphatic carbocycles. The third kappa shape index (κ3) is 1.55. The fourth-order valence-corrected chi connectivity index (χ4v) is 1.46. The van der Waals surface area contributed by atoms with Crippen molar-refractivity contribution in [3.8, 4) is 5.75 Å². The molecule has 1 heterocycles. The molecule has 0 aromatic heterocycles. The van der Waals surface area contributed by atoms with Gasteiger partial charge in [0.2, 0.25) is 0 Å². The van der Waals surface area contributed by atoms with Gasteiger partial charge < -0.3 is 9.47 Å². The maximum Gasteiger partial charge on any atom is 0.280 e. The van der Waals surface area contributed by atoms with Crippen LogP contribution in [0.5, 0.6) is 5.75 Å². The van der Waals surface area contributed by atoms with Crippen molar-refractivity contribution in [1.29, 1.82) is 0 Å². The first kappa shape index (κ1) is 9.60. The molecule has 0 radical (unpaired) electrons. The Morgan fingerprint density at radius 1 is 1.47 bits per heavy atom. The quantitative estimate of drug-likeness (QED) is 0.416. The highest BCUT2D eigenvalue weighted by Gasteiger charge is 2.23. The lowest BCUT2D eigenvalue weighted by atomic mass is 10.1. The summed E-state index contributed by atoms with van der Waals surface area (Å²) in [5, 5.41) is 10.6. The lowest BCUT2D eigenvalue weighted by Crippen LogP contribution is -2.14. The summed E-state index contributed by atoms with van der Waals surface area (Å²) in [6.45, 7) is 0.258. The molecule has 1 aliphatic heterocycles. The third-order valence-corrected chi connectivity index (χ3v) is 2.15. The summed E-state index contributed by atoms with van der Waals surface area (Å²) in [4.78, 5) is 20.8. The van der Waals surface area contributed by atoms with Gasteiger partial charge in [0.1, 0.15) is 11.3 Å². The Balaban J connectivity index is 2.61. The minimum Gasteiger partial charge on any atom is -0.467 e. The molecular formula is C9H7NO5. The molecule has 6 nitrogen and oxygen atoms in total. The Hall–Kier alpha value is -1.95. The minimum atomic E-state index is -0.599. The topological polar surface area (TPSA) is 78.7 Å². The molecule has 0 saturated carbocycles. The van der Waals surface area contributed by atoms with E-state index in [0.717, 1.165) is 0 Å². The number of benzene rings is 1. The molecule has 0 fully saturated rings. The van der Waals surface area contributed by atoms with Crippen LogP contribution in [0.2, 0.25) is 0 Å². The SMILES string of the molecule is O=Cc1c([N+](=O)[O-])ccc2c1COCO2. The smallest absolute Gasteiger partial charge is 0.280 e. The van der Waals surface area contributed by atoms with E-state index in [1.165, 1.54) is 12.1 Å². The van der Waals surface area contributed by atoms with Crippen LogP contribution < -0.4 is 4.74 Å². The number of carbonyl (C=O) groups is 1. The van der Waals surface area contributed by atoms with E-state index in [9.17, 15) is 14.9 Å². The second-order valence-corrected chi connectivity index (χ2v) is 2.96. The van der Waals surface area contributed by atoms with Crippen molar-refractivity contribution in [3.63, 3.8) is 0 Å². The molecule has 2 rings (SSSR count). The summed E-state index contributed by atoms with van der Waals surface area (Å²) in [6, 6.07) is 2.73. The zero-order chi connectivity index (χ0) is 10.8. The van der Waals surface area contributed by atoms with Gasteiger partial charge in [-0.25, -0.2) is 0 Å². The summed E-state index contributed by atoms with van der Waals surface area (Å²) >= 11 is 0. The van der Waals surface area contributed by atoms with E-state index in [1.54, 1.807) is 0 Å². The summed E-state index contributed by atoms with van der Waals surface area (Å²) < 4.78 is 10.1. The van der Waals surface area contributed by atoms with E-state index in [-0.39, 0.29) is 24.7 Å². The Morgan fingerprint density at radius 2 is 2.27 bits per heavy atom. The number of carbonyl (C=O) groups excluding carboxylic acids is 1. The molecule has 0 saturated heterocycles. The van der Waals surface area contributed by atoms with E-state index in [1.807, 2.05) is 0 Å². The van der Waals surface area contributed by atoms with Gasteiger partial charge in [0.25, 0.3) is 5.69 Å². The van der Waals surface area contributed by atoms with Crippen LogP contribution in [0.15, 0.2) is 12.1 Å². The van der Waals surface area contributed by atoms with Gasteiger partial charge >= 0.3 is 0 Å². The molecule has 1 aromatic carbocycles. The van der Waals surface area contributed by atoms with Gasteiger partial charge in [0, 0.05) is 11.6 Å². The first-order chi connectivity index (χ1) is 7.24. The van der Waals surface area contributed by atoms with Gasteiger partial charge in [-0.05, 0) is 6.07 Å². The van der Waals surface area contributed by atoms with Crippen molar-refractivity contribution in [2.45, 2.75) is 6.61 Å². The molecule has 78 valence electrons. The number of nitrogens with zero attached hydrogens (tertiary/aromatic N) is 1. The summed E-state index contributed by atoms with van der Waals surface area (Å²) in [6.07, 6.45) is 0.453. The number of ether oxygens (including phenoxy) is 2. The normalized spacial score (nSPS) is 13.9. The molecule has 0 atom stereocenters. The first-order valence-corrected chi connectivity index (χ1v) is 4.20. The predicted octanol–water partition coefficient (Wildman–Crippen LogP) is 1.27. The molecule has 0 N–H and O–H groups in total. The second-order valence-electron chi connectivity index (χ2n) is 2.96. The zero-order valence-corrected chi connectivity index (χ0v) is 7.63. The van der Waals surface area contributed by atoms with Crippen LogP contribution in [0.3, 0.4) is 0 Å². The Kier molecular flexibility index (Phi) is 2.34. The minimum absolute atomic E-state index is 0.0252. The molecule has 6 heteroatoms. The van der Waals surface area contributed by atoms with Gasteiger partial charge in [-0.1, -0.05) is 0 Å². The van der Waals surface area contributed by atoms with E-state index in [0.29, 0.717) is 17.6 Å². The van der Waals surface area contributed by atoms with E-state index >= 15 is 0 Å². The Bertz CT molecular complexity index is 429. The monoisotopic (exact) mass is 209 g/mol. The van der Waals surface area contributed by atoms with Crippen LogP contribution in [0.4, 0.5) is 5.69 Å². The van der Waals surface area contributed by atoms with E-state index in [2.05, 4.69) is 0 Å². The molecule has 15 heavy (non-hydrogen) atoms. The predicted molar refractivity (Wildman–Crippen MR) is 48.8 cm³/mol. The maximum atomic E-state index is 10.8. The highest BCUT2D eigenvalue weighted by atomic mass is 16.7. The van der Waals surface area contributed by atoms with Crippen molar-refractivity contribution >= 4 is 12.0 Å². The van der Waals surface area contributed by atoms with Crippen LogP contribution in [-0.2, 0) is 11.3 Å². The highest BCUT2D eigenvalue weighted by Crippen LogP contribution is 2.31. The number of nitro groups is 1. The molecular weight excluding hydrogens is 202 g/mol. The van der Waals surface area contributed by atoms with Crippen LogP contribution in [-0.4, -0.2) is 18.0 Å². The lowest BCUT2D eigenvalue weighted by Gasteiger charge is -2.18. The second kappa shape index (κ2) is 3.66.